The number of hydrogen-bond acceptors (Lipinski definition) is 2. The molecule has 0 bridgehead atoms. The van der Waals surface area contributed by atoms with Crippen molar-refractivity contribution in [2.45, 2.75) is 0 Å². The number of nitrogens with zero attached hydrogens (tertiary/aromatic N) is 1. The molecule has 0 radical (unpaired) electrons. The highest BCUT2D eigenvalue weighted by Crippen LogP contribution is 2.38. The average Bonchev–Trinajstić information content (AvgIpc) is 3.12. The molecule has 0 saturated carbocycles. The molecular weight excluding hydrogens is 358 g/mol. The number of carbonyl (C=O) groups excluding carboxylic acids is 2. The molecule has 0 N–H and O–H groups in total. The van der Waals surface area contributed by atoms with Gasteiger partial charge in [-0.25, -0.2) is 0 Å². The van der Waals surface area contributed by atoms with Crippen molar-refractivity contribution in [3.63, 3.8) is 0 Å². The van der Waals surface area contributed by atoms with Gasteiger partial charge in [0.15, 0.2) is 11.6 Å². The van der Waals surface area contributed by atoms with Gasteiger partial charge >= 0.3 is 0 Å². The van der Waals surface area contributed by atoms with E-state index in [9.17, 15) is 9.59 Å². The monoisotopic (exact) mass is 373 g/mol. The highest BCUT2D eigenvalue weighted by atomic mass is 16.1. The Morgan fingerprint density at radius 3 is 1.97 bits per heavy atom. The molecule has 4 aromatic carbocycles. The van der Waals surface area contributed by atoms with Crippen LogP contribution in [0.15, 0.2) is 91.0 Å². The second kappa shape index (κ2) is 5.76. The van der Waals surface area contributed by atoms with Crippen molar-refractivity contribution in [3.8, 4) is 5.69 Å². The molecule has 1 heterocycles. The van der Waals surface area contributed by atoms with Crippen molar-refractivity contribution in [2.75, 3.05) is 0 Å². The smallest absolute Gasteiger partial charge is 0.196 e. The van der Waals surface area contributed by atoms with Crippen LogP contribution in [0.3, 0.4) is 0 Å². The first-order valence-corrected chi connectivity index (χ1v) is 9.56. The van der Waals surface area contributed by atoms with Crippen LogP contribution in [0.1, 0.15) is 31.8 Å². The first-order valence-electron chi connectivity index (χ1n) is 9.56. The Balaban J connectivity index is 1.83. The molecule has 0 atom stereocenters. The fraction of sp³-hybridized carbons (Fsp3) is 0. The van der Waals surface area contributed by atoms with Crippen molar-refractivity contribution < 1.29 is 9.59 Å². The average molecular weight is 373 g/mol. The van der Waals surface area contributed by atoms with E-state index >= 15 is 0 Å². The minimum Gasteiger partial charge on any atom is -0.308 e. The molecule has 1 aliphatic rings. The van der Waals surface area contributed by atoms with Gasteiger partial charge in [-0.2, -0.15) is 0 Å². The Hall–Kier alpha value is -3.98. The van der Waals surface area contributed by atoms with Gasteiger partial charge in [0.2, 0.25) is 0 Å². The molecule has 0 saturated heterocycles. The second-order valence-corrected chi connectivity index (χ2v) is 7.28. The number of benzene rings is 4. The minimum absolute atomic E-state index is 0.0954. The summed E-state index contributed by atoms with van der Waals surface area (Å²) in [4.78, 5) is 26.8. The summed E-state index contributed by atoms with van der Waals surface area (Å²) >= 11 is 0. The van der Waals surface area contributed by atoms with Crippen LogP contribution in [0.4, 0.5) is 0 Å². The predicted molar refractivity (Wildman–Crippen MR) is 114 cm³/mol. The highest BCUT2D eigenvalue weighted by molar-refractivity contribution is 6.33. The summed E-state index contributed by atoms with van der Waals surface area (Å²) in [6.07, 6.45) is 0. The number of para-hydroxylation sites is 2. The number of carbonyl (C=O) groups is 2. The quantitative estimate of drug-likeness (QED) is 0.378. The van der Waals surface area contributed by atoms with Crippen molar-refractivity contribution in [3.05, 3.63) is 113 Å². The van der Waals surface area contributed by atoms with Gasteiger partial charge in [0.05, 0.1) is 16.6 Å². The van der Waals surface area contributed by atoms with Crippen LogP contribution in [0, 0.1) is 0 Å². The van der Waals surface area contributed by atoms with E-state index in [1.54, 1.807) is 24.3 Å². The zero-order chi connectivity index (χ0) is 19.5. The molecule has 1 aliphatic carbocycles. The maximum atomic E-state index is 13.6. The molecule has 6 rings (SSSR count). The molecule has 0 amide bonds. The van der Waals surface area contributed by atoms with Gasteiger partial charge in [-0.1, -0.05) is 66.7 Å². The Morgan fingerprint density at radius 1 is 0.517 bits per heavy atom. The van der Waals surface area contributed by atoms with E-state index in [1.807, 2.05) is 54.6 Å². The predicted octanol–water partition coefficient (Wildman–Crippen LogP) is 5.56. The first-order chi connectivity index (χ1) is 14.3. The number of ketones is 2. The van der Waals surface area contributed by atoms with Gasteiger partial charge in [-0.15, -0.1) is 0 Å². The Kier molecular flexibility index (Phi) is 3.18. The van der Waals surface area contributed by atoms with Crippen LogP contribution in [0.25, 0.3) is 27.5 Å². The Morgan fingerprint density at radius 2 is 1.17 bits per heavy atom. The molecule has 136 valence electrons. The van der Waals surface area contributed by atoms with E-state index in [1.165, 1.54) is 0 Å². The van der Waals surface area contributed by atoms with E-state index in [2.05, 4.69) is 16.7 Å². The van der Waals surface area contributed by atoms with Gasteiger partial charge in [0.25, 0.3) is 0 Å². The van der Waals surface area contributed by atoms with Crippen LogP contribution < -0.4 is 0 Å². The van der Waals surface area contributed by atoms with Crippen molar-refractivity contribution in [2.24, 2.45) is 0 Å². The van der Waals surface area contributed by atoms with Crippen LogP contribution in [-0.4, -0.2) is 16.1 Å². The maximum absolute atomic E-state index is 13.6. The summed E-state index contributed by atoms with van der Waals surface area (Å²) in [6, 6.07) is 28.9. The van der Waals surface area contributed by atoms with E-state index in [0.717, 1.165) is 27.5 Å². The van der Waals surface area contributed by atoms with Gasteiger partial charge < -0.3 is 4.57 Å². The van der Waals surface area contributed by atoms with Crippen LogP contribution in [0.5, 0.6) is 0 Å². The molecule has 0 aliphatic heterocycles. The third-order valence-electron chi connectivity index (χ3n) is 5.74. The lowest BCUT2D eigenvalue weighted by molar-refractivity contribution is 0.0980. The summed E-state index contributed by atoms with van der Waals surface area (Å²) in [5.41, 5.74) is 4.69. The summed E-state index contributed by atoms with van der Waals surface area (Å²) in [5.74, 6) is -0.192. The zero-order valence-electron chi connectivity index (χ0n) is 15.4. The second-order valence-electron chi connectivity index (χ2n) is 7.28. The first kappa shape index (κ1) is 16.0. The summed E-state index contributed by atoms with van der Waals surface area (Å²) in [7, 11) is 0. The highest BCUT2D eigenvalue weighted by Gasteiger charge is 2.32. The van der Waals surface area contributed by atoms with E-state index < -0.39 is 0 Å². The maximum Gasteiger partial charge on any atom is 0.196 e. The molecule has 29 heavy (non-hydrogen) atoms. The number of aromatic nitrogens is 1. The summed E-state index contributed by atoms with van der Waals surface area (Å²) in [5, 5.41) is 2.04. The van der Waals surface area contributed by atoms with Crippen molar-refractivity contribution in [1.82, 2.24) is 4.57 Å². The topological polar surface area (TPSA) is 39.1 Å². The Labute approximate surface area is 166 Å². The number of hydrogen-bond donors (Lipinski definition) is 0. The number of rotatable bonds is 1. The van der Waals surface area contributed by atoms with Gasteiger partial charge in [0, 0.05) is 33.2 Å². The molecular formula is C26H15NO2. The van der Waals surface area contributed by atoms with Gasteiger partial charge in [0.1, 0.15) is 0 Å². The normalized spacial score (nSPS) is 13.0. The molecule has 0 fully saturated rings. The molecule has 3 heteroatoms. The lowest BCUT2D eigenvalue weighted by Gasteiger charge is -2.19. The largest absolute Gasteiger partial charge is 0.308 e. The Bertz CT molecular complexity index is 1480. The fourth-order valence-corrected chi connectivity index (χ4v) is 4.48. The lowest BCUT2D eigenvalue weighted by atomic mass is 9.83. The zero-order valence-corrected chi connectivity index (χ0v) is 15.4. The standard InChI is InChI=1S/C26H15NO2/c28-25-19-11-4-5-12-20(19)26(29)23-21(25)15-14-18-17-10-6-7-13-22(17)27(24(18)23)16-8-2-1-3-9-16/h1-15H. The minimum atomic E-state index is -0.0965. The van der Waals surface area contributed by atoms with Crippen LogP contribution in [0.2, 0.25) is 0 Å². The fourth-order valence-electron chi connectivity index (χ4n) is 4.48. The molecule has 0 unspecified atom stereocenters. The van der Waals surface area contributed by atoms with Gasteiger partial charge in [-0.05, 0) is 24.3 Å². The third kappa shape index (κ3) is 2.07. The lowest BCUT2D eigenvalue weighted by Crippen LogP contribution is -2.21. The van der Waals surface area contributed by atoms with E-state index in [4.69, 9.17) is 0 Å². The molecule has 5 aromatic rings. The van der Waals surface area contributed by atoms with Crippen molar-refractivity contribution in [1.29, 1.82) is 0 Å². The van der Waals surface area contributed by atoms with Gasteiger partial charge in [-0.3, -0.25) is 9.59 Å². The number of fused-ring (bicyclic) bond motifs is 6. The van der Waals surface area contributed by atoms with Crippen LogP contribution in [-0.2, 0) is 0 Å². The summed E-state index contributed by atoms with van der Waals surface area (Å²) < 4.78 is 2.10. The molecule has 1 aromatic heterocycles. The van der Waals surface area contributed by atoms with Crippen LogP contribution >= 0.6 is 0 Å². The third-order valence-corrected chi connectivity index (χ3v) is 5.74. The molecule has 3 nitrogen and oxygen atoms in total. The van der Waals surface area contributed by atoms with E-state index in [0.29, 0.717) is 22.3 Å². The SMILES string of the molecule is O=C1c2ccccc2C(=O)c2c1ccc1c3ccccc3n(-c3ccccc3)c21. The van der Waals surface area contributed by atoms with E-state index in [-0.39, 0.29) is 11.6 Å². The summed E-state index contributed by atoms with van der Waals surface area (Å²) in [6.45, 7) is 0. The molecule has 0 spiro atoms. The van der Waals surface area contributed by atoms with Crippen molar-refractivity contribution >= 4 is 33.4 Å².